The third-order valence-electron chi connectivity index (χ3n) is 3.79. The molecule has 2 rings (SSSR count). The number of phenolic OH excluding ortho intramolecular Hbond substituents is 1. The molecule has 0 unspecified atom stereocenters. The Labute approximate surface area is 149 Å². The van der Waals surface area contributed by atoms with E-state index in [1.165, 1.54) is 5.56 Å². The number of phenols is 1. The van der Waals surface area contributed by atoms with Gasteiger partial charge >= 0.3 is 0 Å². The predicted octanol–water partition coefficient (Wildman–Crippen LogP) is 6.79. The van der Waals surface area contributed by atoms with Crippen molar-refractivity contribution in [2.75, 3.05) is 0 Å². The topological polar surface area (TPSA) is 20.2 Å². The first-order valence-electron chi connectivity index (χ1n) is 7.80. The summed E-state index contributed by atoms with van der Waals surface area (Å²) in [5.74, 6) is 0.380. The van der Waals surface area contributed by atoms with Gasteiger partial charge in [-0.25, -0.2) is 0 Å². The molecule has 0 radical (unpaired) electrons. The van der Waals surface area contributed by atoms with Gasteiger partial charge in [0, 0.05) is 15.5 Å². The molecular formula is C20H25ClOS. The Bertz CT molecular complexity index is 691. The van der Waals surface area contributed by atoms with Crippen LogP contribution in [0.4, 0.5) is 0 Å². The summed E-state index contributed by atoms with van der Waals surface area (Å²) in [4.78, 5) is 1.96. The highest BCUT2D eigenvalue weighted by molar-refractivity contribution is 7.99. The van der Waals surface area contributed by atoms with Crippen LogP contribution in [-0.4, -0.2) is 5.11 Å². The third-order valence-corrected chi connectivity index (χ3v) is 5.08. The second-order valence-electron chi connectivity index (χ2n) is 7.93. The first kappa shape index (κ1) is 18.2. The van der Waals surface area contributed by atoms with Gasteiger partial charge in [0.25, 0.3) is 0 Å². The lowest BCUT2D eigenvalue weighted by molar-refractivity contribution is 0.432. The van der Waals surface area contributed by atoms with Crippen LogP contribution in [-0.2, 0) is 10.8 Å². The fourth-order valence-corrected chi connectivity index (χ4v) is 3.36. The Balaban J connectivity index is 2.55. The summed E-state index contributed by atoms with van der Waals surface area (Å²) in [6.45, 7) is 13.0. The molecule has 0 heterocycles. The molecular weight excluding hydrogens is 324 g/mol. The zero-order valence-electron chi connectivity index (χ0n) is 14.7. The lowest BCUT2D eigenvalue weighted by atomic mass is 9.80. The summed E-state index contributed by atoms with van der Waals surface area (Å²) >= 11 is 7.53. The van der Waals surface area contributed by atoms with Gasteiger partial charge in [-0.15, -0.1) is 0 Å². The van der Waals surface area contributed by atoms with E-state index < -0.39 is 0 Å². The summed E-state index contributed by atoms with van der Waals surface area (Å²) in [5.41, 5.74) is 2.14. The van der Waals surface area contributed by atoms with Crippen molar-refractivity contribution >= 4 is 23.4 Å². The van der Waals surface area contributed by atoms with Crippen molar-refractivity contribution in [1.82, 2.24) is 0 Å². The van der Waals surface area contributed by atoms with Crippen molar-refractivity contribution < 1.29 is 5.11 Å². The molecule has 0 aliphatic heterocycles. The van der Waals surface area contributed by atoms with Crippen LogP contribution in [0, 0.1) is 0 Å². The Hall–Kier alpha value is -1.12. The Morgan fingerprint density at radius 3 is 1.91 bits per heavy atom. The maximum Gasteiger partial charge on any atom is 0.133 e. The van der Waals surface area contributed by atoms with Crippen molar-refractivity contribution in [2.45, 2.75) is 62.2 Å². The molecule has 2 aromatic rings. The largest absolute Gasteiger partial charge is 0.506 e. The molecule has 0 saturated heterocycles. The second-order valence-corrected chi connectivity index (χ2v) is 9.48. The fraction of sp³-hybridized carbons (Fsp3) is 0.400. The quantitative estimate of drug-likeness (QED) is 0.644. The van der Waals surface area contributed by atoms with Gasteiger partial charge in [0.15, 0.2) is 0 Å². The summed E-state index contributed by atoms with van der Waals surface area (Å²) in [6.07, 6.45) is 0. The minimum absolute atomic E-state index is 0.0308. The lowest BCUT2D eigenvalue weighted by Crippen LogP contribution is -2.16. The summed E-state index contributed by atoms with van der Waals surface area (Å²) in [6, 6.07) is 11.9. The van der Waals surface area contributed by atoms with Crippen molar-refractivity contribution in [3.8, 4) is 5.75 Å². The van der Waals surface area contributed by atoms with Gasteiger partial charge in [-0.05, 0) is 46.7 Å². The summed E-state index contributed by atoms with van der Waals surface area (Å²) < 4.78 is 0. The maximum absolute atomic E-state index is 10.8. The highest BCUT2D eigenvalue weighted by Gasteiger charge is 2.25. The molecule has 0 spiro atoms. The van der Waals surface area contributed by atoms with Gasteiger partial charge in [0.2, 0.25) is 0 Å². The maximum atomic E-state index is 10.8. The normalized spacial score (nSPS) is 12.5. The zero-order valence-corrected chi connectivity index (χ0v) is 16.3. The van der Waals surface area contributed by atoms with Gasteiger partial charge in [-0.3, -0.25) is 0 Å². The molecule has 3 heteroatoms. The van der Waals surface area contributed by atoms with E-state index in [0.717, 1.165) is 20.4 Å². The van der Waals surface area contributed by atoms with E-state index in [1.54, 1.807) is 11.8 Å². The van der Waals surface area contributed by atoms with Gasteiger partial charge in [-0.1, -0.05) is 71.0 Å². The average molecular weight is 349 g/mol. The molecule has 23 heavy (non-hydrogen) atoms. The molecule has 0 atom stereocenters. The van der Waals surface area contributed by atoms with Crippen molar-refractivity contribution in [2.24, 2.45) is 0 Å². The molecule has 2 aromatic carbocycles. The number of halogens is 1. The number of benzene rings is 2. The molecule has 0 amide bonds. The van der Waals surface area contributed by atoms with Crippen LogP contribution in [0.3, 0.4) is 0 Å². The smallest absolute Gasteiger partial charge is 0.133 e. The van der Waals surface area contributed by atoms with E-state index >= 15 is 0 Å². The zero-order chi connectivity index (χ0) is 17.4. The first-order valence-corrected chi connectivity index (χ1v) is 8.99. The van der Waals surface area contributed by atoms with Gasteiger partial charge < -0.3 is 5.11 Å². The van der Waals surface area contributed by atoms with Crippen molar-refractivity contribution in [1.29, 1.82) is 0 Å². The van der Waals surface area contributed by atoms with Crippen LogP contribution < -0.4 is 0 Å². The molecule has 124 valence electrons. The Kier molecular flexibility index (Phi) is 5.08. The molecule has 1 N–H and O–H groups in total. The molecule has 0 bridgehead atoms. The fourth-order valence-electron chi connectivity index (χ4n) is 2.32. The summed E-state index contributed by atoms with van der Waals surface area (Å²) in [7, 11) is 0. The summed E-state index contributed by atoms with van der Waals surface area (Å²) in [5, 5.41) is 11.5. The highest BCUT2D eigenvalue weighted by atomic mass is 35.5. The number of rotatable bonds is 2. The van der Waals surface area contributed by atoms with E-state index in [-0.39, 0.29) is 10.8 Å². The van der Waals surface area contributed by atoms with Gasteiger partial charge in [-0.2, -0.15) is 0 Å². The van der Waals surface area contributed by atoms with Crippen LogP contribution in [0.15, 0.2) is 46.2 Å². The van der Waals surface area contributed by atoms with E-state index in [9.17, 15) is 5.11 Å². The van der Waals surface area contributed by atoms with Crippen LogP contribution in [0.25, 0.3) is 0 Å². The van der Waals surface area contributed by atoms with Crippen LogP contribution in [0.1, 0.15) is 52.7 Å². The first-order chi connectivity index (χ1) is 10.5. The third kappa shape index (κ3) is 4.45. The lowest BCUT2D eigenvalue weighted by Gasteiger charge is -2.27. The second kappa shape index (κ2) is 6.41. The van der Waals surface area contributed by atoms with Crippen LogP contribution in [0.2, 0.25) is 5.02 Å². The van der Waals surface area contributed by atoms with Gasteiger partial charge in [0.1, 0.15) is 5.75 Å². The van der Waals surface area contributed by atoms with Crippen LogP contribution in [0.5, 0.6) is 5.75 Å². The number of aromatic hydroxyl groups is 1. The molecule has 0 fully saturated rings. The average Bonchev–Trinajstić information content (AvgIpc) is 2.41. The van der Waals surface area contributed by atoms with E-state index in [4.69, 9.17) is 11.6 Å². The predicted molar refractivity (Wildman–Crippen MR) is 101 cm³/mol. The minimum atomic E-state index is -0.110. The van der Waals surface area contributed by atoms with Crippen molar-refractivity contribution in [3.63, 3.8) is 0 Å². The number of hydrogen-bond acceptors (Lipinski definition) is 2. The van der Waals surface area contributed by atoms with E-state index in [2.05, 4.69) is 53.7 Å². The molecule has 0 aliphatic carbocycles. The Morgan fingerprint density at radius 2 is 1.43 bits per heavy atom. The monoisotopic (exact) mass is 348 g/mol. The number of hydrogen-bond donors (Lipinski definition) is 1. The minimum Gasteiger partial charge on any atom is -0.506 e. The van der Waals surface area contributed by atoms with E-state index in [1.807, 2.05) is 24.3 Å². The van der Waals surface area contributed by atoms with Crippen molar-refractivity contribution in [3.05, 3.63) is 52.5 Å². The van der Waals surface area contributed by atoms with Gasteiger partial charge in [0.05, 0.1) is 4.90 Å². The highest BCUT2D eigenvalue weighted by Crippen LogP contribution is 2.43. The molecule has 0 aromatic heterocycles. The van der Waals surface area contributed by atoms with E-state index in [0.29, 0.717) is 5.75 Å². The molecule has 0 saturated carbocycles. The standard InChI is InChI=1S/C20H25ClOS/c1-19(2,3)13-11-16(20(4,5)6)18(22)17(12-13)23-15-9-7-14(21)8-10-15/h7-12,22H,1-6H3. The SMILES string of the molecule is CC(C)(C)c1cc(Sc2ccc(Cl)cc2)c(O)c(C(C)(C)C)c1. The Morgan fingerprint density at radius 1 is 0.870 bits per heavy atom. The molecule has 1 nitrogen and oxygen atoms in total. The van der Waals surface area contributed by atoms with Crippen LogP contribution >= 0.6 is 23.4 Å². The molecule has 0 aliphatic rings.